The lowest BCUT2D eigenvalue weighted by molar-refractivity contribution is -0.385. The summed E-state index contributed by atoms with van der Waals surface area (Å²) >= 11 is 0. The number of rotatable bonds is 3. The summed E-state index contributed by atoms with van der Waals surface area (Å²) < 4.78 is 1.58. The van der Waals surface area contributed by atoms with Gasteiger partial charge in [-0.05, 0) is 25.7 Å². The van der Waals surface area contributed by atoms with Crippen LogP contribution in [0.5, 0.6) is 0 Å². The third-order valence-electron chi connectivity index (χ3n) is 3.22. The van der Waals surface area contributed by atoms with E-state index in [0.717, 1.165) is 0 Å². The van der Waals surface area contributed by atoms with Gasteiger partial charge in [-0.1, -0.05) is 0 Å². The maximum Gasteiger partial charge on any atom is 0.307 e. The van der Waals surface area contributed by atoms with E-state index in [1.165, 1.54) is 12.4 Å². The molecule has 92 valence electrons. The largest absolute Gasteiger partial charge is 0.481 e. The van der Waals surface area contributed by atoms with Crippen LogP contribution in [0.25, 0.3) is 0 Å². The minimum atomic E-state index is -0.755. The van der Waals surface area contributed by atoms with Crippen molar-refractivity contribution in [3.05, 3.63) is 22.5 Å². The first-order valence-electron chi connectivity index (χ1n) is 5.49. The number of nitro groups is 1. The van der Waals surface area contributed by atoms with E-state index in [1.54, 1.807) is 4.68 Å². The Morgan fingerprint density at radius 3 is 2.59 bits per heavy atom. The van der Waals surface area contributed by atoms with Gasteiger partial charge < -0.3 is 5.11 Å². The molecule has 1 heterocycles. The van der Waals surface area contributed by atoms with E-state index in [2.05, 4.69) is 5.10 Å². The maximum atomic E-state index is 10.8. The van der Waals surface area contributed by atoms with Crippen LogP contribution in [0.15, 0.2) is 12.4 Å². The van der Waals surface area contributed by atoms with Gasteiger partial charge in [0.15, 0.2) is 0 Å². The Bertz CT molecular complexity index is 435. The molecule has 1 aromatic heterocycles. The summed E-state index contributed by atoms with van der Waals surface area (Å²) in [7, 11) is 0. The highest BCUT2D eigenvalue weighted by molar-refractivity contribution is 5.70. The molecular weight excluding hydrogens is 226 g/mol. The molecule has 17 heavy (non-hydrogen) atoms. The van der Waals surface area contributed by atoms with Crippen molar-refractivity contribution in [3.63, 3.8) is 0 Å². The van der Waals surface area contributed by atoms with E-state index in [1.807, 2.05) is 0 Å². The van der Waals surface area contributed by atoms with Crippen LogP contribution in [0.1, 0.15) is 31.7 Å². The standard InChI is InChI=1S/C10H13N3O4/c14-10(15)7-1-3-8(4-2-7)12-6-9(5-11-12)13(16)17/h5-8H,1-4H2,(H,14,15). The van der Waals surface area contributed by atoms with Crippen molar-refractivity contribution in [2.75, 3.05) is 0 Å². The van der Waals surface area contributed by atoms with Crippen molar-refractivity contribution in [1.29, 1.82) is 0 Å². The molecule has 0 unspecified atom stereocenters. The third kappa shape index (κ3) is 2.43. The van der Waals surface area contributed by atoms with Gasteiger partial charge in [0, 0.05) is 0 Å². The Morgan fingerprint density at radius 2 is 2.12 bits per heavy atom. The fourth-order valence-electron chi connectivity index (χ4n) is 2.21. The predicted octanol–water partition coefficient (Wildman–Crippen LogP) is 1.61. The monoisotopic (exact) mass is 239 g/mol. The Morgan fingerprint density at radius 1 is 1.47 bits per heavy atom. The van der Waals surface area contributed by atoms with Crippen LogP contribution in [0, 0.1) is 16.0 Å². The molecule has 0 spiro atoms. The number of aromatic nitrogens is 2. The van der Waals surface area contributed by atoms with Crippen LogP contribution in [0.4, 0.5) is 5.69 Å². The third-order valence-corrected chi connectivity index (χ3v) is 3.22. The van der Waals surface area contributed by atoms with Gasteiger partial charge >= 0.3 is 11.7 Å². The summed E-state index contributed by atoms with van der Waals surface area (Å²) in [6.45, 7) is 0. The first-order valence-corrected chi connectivity index (χ1v) is 5.49. The van der Waals surface area contributed by atoms with Gasteiger partial charge in [-0.3, -0.25) is 19.6 Å². The molecule has 7 nitrogen and oxygen atoms in total. The summed E-state index contributed by atoms with van der Waals surface area (Å²) in [5.41, 5.74) is -0.0228. The van der Waals surface area contributed by atoms with Gasteiger partial charge in [0.1, 0.15) is 12.4 Å². The lowest BCUT2D eigenvalue weighted by atomic mass is 9.86. The minimum Gasteiger partial charge on any atom is -0.481 e. The maximum absolute atomic E-state index is 10.8. The topological polar surface area (TPSA) is 98.3 Å². The molecule has 7 heteroatoms. The van der Waals surface area contributed by atoms with Gasteiger partial charge in [-0.15, -0.1) is 0 Å². The van der Waals surface area contributed by atoms with Crippen LogP contribution < -0.4 is 0 Å². The molecule has 1 N–H and O–H groups in total. The van der Waals surface area contributed by atoms with Crippen LogP contribution in [0.2, 0.25) is 0 Å². The van der Waals surface area contributed by atoms with E-state index >= 15 is 0 Å². The summed E-state index contributed by atoms with van der Waals surface area (Å²) in [5.74, 6) is -1.04. The zero-order valence-electron chi connectivity index (χ0n) is 9.15. The van der Waals surface area contributed by atoms with Crippen LogP contribution >= 0.6 is 0 Å². The molecule has 0 aliphatic heterocycles. The molecule has 1 fully saturated rings. The first-order chi connectivity index (χ1) is 8.08. The highest BCUT2D eigenvalue weighted by atomic mass is 16.6. The normalized spacial score (nSPS) is 24.5. The van der Waals surface area contributed by atoms with Gasteiger partial charge in [-0.2, -0.15) is 5.10 Å². The predicted molar refractivity (Wildman–Crippen MR) is 57.5 cm³/mol. The van der Waals surface area contributed by atoms with Crippen LogP contribution in [-0.4, -0.2) is 25.8 Å². The second-order valence-electron chi connectivity index (χ2n) is 4.28. The van der Waals surface area contributed by atoms with E-state index in [0.29, 0.717) is 25.7 Å². The second-order valence-corrected chi connectivity index (χ2v) is 4.28. The number of carboxylic acids is 1. The van der Waals surface area contributed by atoms with Crippen molar-refractivity contribution >= 4 is 11.7 Å². The lowest BCUT2D eigenvalue weighted by Gasteiger charge is -2.25. The number of carboxylic acid groups (broad SMARTS) is 1. The van der Waals surface area contributed by atoms with Crippen molar-refractivity contribution in [2.45, 2.75) is 31.7 Å². The molecule has 0 amide bonds. The van der Waals surface area contributed by atoms with Gasteiger partial charge in [0.05, 0.1) is 16.9 Å². The zero-order valence-corrected chi connectivity index (χ0v) is 9.15. The van der Waals surface area contributed by atoms with E-state index in [4.69, 9.17) is 5.11 Å². The Hall–Kier alpha value is -1.92. The van der Waals surface area contributed by atoms with Crippen LogP contribution in [0.3, 0.4) is 0 Å². The van der Waals surface area contributed by atoms with Crippen molar-refractivity contribution < 1.29 is 14.8 Å². The van der Waals surface area contributed by atoms with E-state index in [-0.39, 0.29) is 17.6 Å². The van der Waals surface area contributed by atoms with Crippen LogP contribution in [-0.2, 0) is 4.79 Å². The molecule has 1 aromatic rings. The number of nitrogens with zero attached hydrogens (tertiary/aromatic N) is 3. The Balaban J connectivity index is 2.00. The van der Waals surface area contributed by atoms with Gasteiger partial charge in [-0.25, -0.2) is 0 Å². The molecule has 0 atom stereocenters. The number of hydrogen-bond donors (Lipinski definition) is 1. The number of carbonyl (C=O) groups is 1. The molecule has 2 rings (SSSR count). The van der Waals surface area contributed by atoms with Gasteiger partial charge in [0.2, 0.25) is 0 Å². The fourth-order valence-corrected chi connectivity index (χ4v) is 2.21. The number of hydrogen-bond acceptors (Lipinski definition) is 4. The highest BCUT2D eigenvalue weighted by Gasteiger charge is 2.27. The van der Waals surface area contributed by atoms with Crippen molar-refractivity contribution in [3.8, 4) is 0 Å². The Labute approximate surface area is 97.2 Å². The second kappa shape index (κ2) is 4.52. The molecule has 1 saturated carbocycles. The Kier molecular flexibility index (Phi) is 3.08. The summed E-state index contributed by atoms with van der Waals surface area (Å²) in [5, 5.41) is 23.3. The van der Waals surface area contributed by atoms with E-state index in [9.17, 15) is 14.9 Å². The highest BCUT2D eigenvalue weighted by Crippen LogP contribution is 2.32. The molecule has 0 bridgehead atoms. The average molecular weight is 239 g/mol. The average Bonchev–Trinajstić information content (AvgIpc) is 2.78. The summed E-state index contributed by atoms with van der Waals surface area (Å²) in [6.07, 6.45) is 5.25. The molecule has 0 aromatic carbocycles. The van der Waals surface area contributed by atoms with Crippen molar-refractivity contribution in [1.82, 2.24) is 9.78 Å². The number of aliphatic carboxylic acids is 1. The lowest BCUT2D eigenvalue weighted by Crippen LogP contribution is -2.23. The summed E-state index contributed by atoms with van der Waals surface area (Å²) in [4.78, 5) is 20.8. The zero-order chi connectivity index (χ0) is 12.4. The quantitative estimate of drug-likeness (QED) is 0.638. The molecular formula is C10H13N3O4. The minimum absolute atomic E-state index is 0.0228. The van der Waals surface area contributed by atoms with Gasteiger partial charge in [0.25, 0.3) is 0 Å². The molecule has 0 radical (unpaired) electrons. The molecule has 0 saturated heterocycles. The first kappa shape index (κ1) is 11.6. The fraction of sp³-hybridized carbons (Fsp3) is 0.600. The van der Waals surface area contributed by atoms with E-state index < -0.39 is 10.9 Å². The summed E-state index contributed by atoms with van der Waals surface area (Å²) in [6, 6.07) is 0.0827. The molecule has 1 aliphatic carbocycles. The van der Waals surface area contributed by atoms with Crippen molar-refractivity contribution in [2.24, 2.45) is 5.92 Å². The smallest absolute Gasteiger partial charge is 0.307 e. The molecule has 1 aliphatic rings. The SMILES string of the molecule is O=C(O)C1CCC(n2cc([N+](=O)[O-])cn2)CC1.